The predicted molar refractivity (Wildman–Crippen MR) is 74.8 cm³/mol. The number of aromatic nitrogens is 2. The van der Waals surface area contributed by atoms with Gasteiger partial charge in [-0.15, -0.1) is 11.3 Å². The van der Waals surface area contributed by atoms with E-state index in [0.717, 1.165) is 17.1 Å². The van der Waals surface area contributed by atoms with Crippen LogP contribution in [0.3, 0.4) is 0 Å². The van der Waals surface area contributed by atoms with Gasteiger partial charge >= 0.3 is 0 Å². The number of hydrogen-bond acceptors (Lipinski definition) is 4. The standard InChI is InChI=1S/C12H12BrN3OS/c1-8-7-18-10(16-8)4-6-15-12(17)9-3-2-5-14-11(9)13/h2-3,5,7H,4,6H2,1H3,(H,15,17). The summed E-state index contributed by atoms with van der Waals surface area (Å²) in [5, 5.41) is 5.90. The molecule has 2 aromatic heterocycles. The van der Waals surface area contributed by atoms with Crippen molar-refractivity contribution in [2.75, 3.05) is 6.54 Å². The van der Waals surface area contributed by atoms with E-state index in [4.69, 9.17) is 0 Å². The van der Waals surface area contributed by atoms with Crippen molar-refractivity contribution in [3.63, 3.8) is 0 Å². The SMILES string of the molecule is Cc1csc(CCNC(=O)c2cccnc2Br)n1. The molecule has 2 heterocycles. The molecule has 6 heteroatoms. The second-order valence-corrected chi connectivity index (χ2v) is 5.42. The van der Waals surface area contributed by atoms with Gasteiger partial charge in [0.1, 0.15) is 4.60 Å². The first-order valence-electron chi connectivity index (χ1n) is 5.46. The minimum atomic E-state index is -0.122. The summed E-state index contributed by atoms with van der Waals surface area (Å²) in [6.45, 7) is 2.54. The Morgan fingerprint density at radius 1 is 1.56 bits per heavy atom. The molecule has 18 heavy (non-hydrogen) atoms. The van der Waals surface area contributed by atoms with Crippen molar-refractivity contribution < 1.29 is 4.79 Å². The van der Waals surface area contributed by atoms with Crippen LogP contribution in [0.15, 0.2) is 28.3 Å². The third-order valence-electron chi connectivity index (χ3n) is 2.29. The molecule has 0 aromatic carbocycles. The van der Waals surface area contributed by atoms with E-state index in [1.54, 1.807) is 29.7 Å². The molecular weight excluding hydrogens is 314 g/mol. The number of pyridine rings is 1. The third-order valence-corrected chi connectivity index (χ3v) is 3.95. The van der Waals surface area contributed by atoms with Gasteiger partial charge in [-0.2, -0.15) is 0 Å². The van der Waals surface area contributed by atoms with Crippen LogP contribution in [0.4, 0.5) is 0 Å². The van der Waals surface area contributed by atoms with Crippen LogP contribution in [0.5, 0.6) is 0 Å². The van der Waals surface area contributed by atoms with Gasteiger partial charge in [-0.3, -0.25) is 4.79 Å². The summed E-state index contributed by atoms with van der Waals surface area (Å²) in [4.78, 5) is 20.2. The summed E-state index contributed by atoms with van der Waals surface area (Å²) < 4.78 is 0.563. The minimum absolute atomic E-state index is 0.122. The fourth-order valence-corrected chi connectivity index (χ4v) is 2.66. The van der Waals surface area contributed by atoms with E-state index in [1.807, 2.05) is 12.3 Å². The quantitative estimate of drug-likeness (QED) is 0.879. The van der Waals surface area contributed by atoms with E-state index in [1.165, 1.54) is 0 Å². The lowest BCUT2D eigenvalue weighted by molar-refractivity contribution is 0.0953. The monoisotopic (exact) mass is 325 g/mol. The van der Waals surface area contributed by atoms with Crippen molar-refractivity contribution in [3.05, 3.63) is 44.6 Å². The summed E-state index contributed by atoms with van der Waals surface area (Å²) in [5.41, 5.74) is 1.57. The van der Waals surface area contributed by atoms with Crippen molar-refractivity contribution in [2.24, 2.45) is 0 Å². The van der Waals surface area contributed by atoms with Crippen molar-refractivity contribution >= 4 is 33.2 Å². The molecule has 0 aliphatic heterocycles. The van der Waals surface area contributed by atoms with Crippen molar-refractivity contribution in [1.29, 1.82) is 0 Å². The Hall–Kier alpha value is -1.27. The maximum Gasteiger partial charge on any atom is 0.254 e. The van der Waals surface area contributed by atoms with Crippen LogP contribution in [-0.2, 0) is 6.42 Å². The largest absolute Gasteiger partial charge is 0.352 e. The Morgan fingerprint density at radius 2 is 2.39 bits per heavy atom. The zero-order valence-corrected chi connectivity index (χ0v) is 12.2. The maximum absolute atomic E-state index is 11.9. The predicted octanol–water partition coefficient (Wildman–Crippen LogP) is 2.58. The van der Waals surface area contributed by atoms with Crippen LogP contribution >= 0.6 is 27.3 Å². The molecule has 94 valence electrons. The normalized spacial score (nSPS) is 10.3. The highest BCUT2D eigenvalue weighted by molar-refractivity contribution is 9.10. The molecule has 1 N–H and O–H groups in total. The smallest absolute Gasteiger partial charge is 0.254 e. The Kier molecular flexibility index (Phi) is 4.43. The lowest BCUT2D eigenvalue weighted by Gasteiger charge is -2.04. The van der Waals surface area contributed by atoms with Gasteiger partial charge in [-0.05, 0) is 35.0 Å². The highest BCUT2D eigenvalue weighted by Gasteiger charge is 2.09. The highest BCUT2D eigenvalue weighted by atomic mass is 79.9. The molecule has 2 rings (SSSR count). The van der Waals surface area contributed by atoms with E-state index in [9.17, 15) is 4.79 Å². The van der Waals surface area contributed by atoms with Crippen LogP contribution in [-0.4, -0.2) is 22.4 Å². The van der Waals surface area contributed by atoms with E-state index in [2.05, 4.69) is 31.2 Å². The lowest BCUT2D eigenvalue weighted by atomic mass is 10.2. The molecule has 0 radical (unpaired) electrons. The van der Waals surface area contributed by atoms with E-state index < -0.39 is 0 Å². The van der Waals surface area contributed by atoms with Gasteiger partial charge in [0.25, 0.3) is 5.91 Å². The van der Waals surface area contributed by atoms with Crippen LogP contribution in [0, 0.1) is 6.92 Å². The van der Waals surface area contributed by atoms with Gasteiger partial charge in [0.15, 0.2) is 0 Å². The number of amides is 1. The van der Waals surface area contributed by atoms with E-state index in [-0.39, 0.29) is 5.91 Å². The van der Waals surface area contributed by atoms with Crippen LogP contribution in [0.25, 0.3) is 0 Å². The molecular formula is C12H12BrN3OS. The number of aryl methyl sites for hydroxylation is 1. The molecule has 1 amide bonds. The van der Waals surface area contributed by atoms with Gasteiger partial charge in [0.2, 0.25) is 0 Å². The summed E-state index contributed by atoms with van der Waals surface area (Å²) in [6.07, 6.45) is 2.39. The highest BCUT2D eigenvalue weighted by Crippen LogP contribution is 2.12. The second-order valence-electron chi connectivity index (χ2n) is 3.73. The molecule has 0 spiro atoms. The summed E-state index contributed by atoms with van der Waals surface area (Å²) in [7, 11) is 0. The van der Waals surface area contributed by atoms with Gasteiger partial charge in [0, 0.05) is 30.2 Å². The zero-order chi connectivity index (χ0) is 13.0. The maximum atomic E-state index is 11.9. The Balaban J connectivity index is 1.87. The zero-order valence-electron chi connectivity index (χ0n) is 9.81. The summed E-state index contributed by atoms with van der Waals surface area (Å²) in [6, 6.07) is 3.48. The first-order valence-corrected chi connectivity index (χ1v) is 7.14. The average Bonchev–Trinajstić information content (AvgIpc) is 2.75. The molecule has 0 unspecified atom stereocenters. The average molecular weight is 326 g/mol. The number of rotatable bonds is 4. The first kappa shape index (κ1) is 13.2. The molecule has 0 bridgehead atoms. The van der Waals surface area contributed by atoms with Crippen molar-refractivity contribution in [2.45, 2.75) is 13.3 Å². The van der Waals surface area contributed by atoms with Gasteiger partial charge < -0.3 is 5.32 Å². The Morgan fingerprint density at radius 3 is 3.06 bits per heavy atom. The van der Waals surface area contributed by atoms with Crippen molar-refractivity contribution in [3.8, 4) is 0 Å². The molecule has 0 fully saturated rings. The van der Waals surface area contributed by atoms with Crippen LogP contribution < -0.4 is 5.32 Å². The molecule has 0 saturated carbocycles. The van der Waals surface area contributed by atoms with E-state index >= 15 is 0 Å². The first-order chi connectivity index (χ1) is 8.66. The summed E-state index contributed by atoms with van der Waals surface area (Å²) >= 11 is 4.87. The fourth-order valence-electron chi connectivity index (χ4n) is 1.45. The molecule has 4 nitrogen and oxygen atoms in total. The molecule has 0 aliphatic rings. The number of carbonyl (C=O) groups excluding carboxylic acids is 1. The second kappa shape index (κ2) is 6.06. The van der Waals surface area contributed by atoms with Crippen molar-refractivity contribution in [1.82, 2.24) is 15.3 Å². The van der Waals surface area contributed by atoms with Gasteiger partial charge in [-0.25, -0.2) is 9.97 Å². The molecule has 0 aliphatic carbocycles. The number of nitrogens with zero attached hydrogens (tertiary/aromatic N) is 2. The van der Waals surface area contributed by atoms with Crippen LogP contribution in [0.2, 0.25) is 0 Å². The topological polar surface area (TPSA) is 54.9 Å². The van der Waals surface area contributed by atoms with E-state index in [0.29, 0.717) is 16.7 Å². The third kappa shape index (κ3) is 3.36. The molecule has 0 atom stereocenters. The molecule has 2 aromatic rings. The number of carbonyl (C=O) groups is 1. The fraction of sp³-hybridized carbons (Fsp3) is 0.250. The number of halogens is 1. The van der Waals surface area contributed by atoms with Crippen LogP contribution in [0.1, 0.15) is 21.1 Å². The lowest BCUT2D eigenvalue weighted by Crippen LogP contribution is -2.26. The van der Waals surface area contributed by atoms with Gasteiger partial charge in [-0.1, -0.05) is 0 Å². The summed E-state index contributed by atoms with van der Waals surface area (Å²) in [5.74, 6) is -0.122. The number of hydrogen-bond donors (Lipinski definition) is 1. The Bertz CT molecular complexity index is 556. The van der Waals surface area contributed by atoms with Gasteiger partial charge in [0.05, 0.1) is 10.6 Å². The number of nitrogens with one attached hydrogen (secondary N) is 1. The molecule has 0 saturated heterocycles. The minimum Gasteiger partial charge on any atom is -0.352 e. The number of thiazole rings is 1. The Labute approximate surface area is 118 Å².